The predicted octanol–water partition coefficient (Wildman–Crippen LogP) is 4.89. The average Bonchev–Trinajstić information content (AvgIpc) is 1.64. The second kappa shape index (κ2) is 44.5. The van der Waals surface area contributed by atoms with Crippen LogP contribution in [0.15, 0.2) is 120 Å². The van der Waals surface area contributed by atoms with Gasteiger partial charge in [0.05, 0.1) is 56.9 Å². The number of ketones is 1. The van der Waals surface area contributed by atoms with Crippen molar-refractivity contribution < 1.29 is 91.4 Å². The van der Waals surface area contributed by atoms with Crippen LogP contribution in [0, 0.1) is 29.1 Å². The summed E-state index contributed by atoms with van der Waals surface area (Å²) in [5.41, 5.74) is 29.2. The molecular formula is C88H115N17O19S. The number of H-pyrrole nitrogens is 1. The fraction of sp³-hybridized carbons (Fsp3) is 0.455. The molecule has 2 aliphatic heterocycles. The summed E-state index contributed by atoms with van der Waals surface area (Å²) >= 11 is 0.881. The summed E-state index contributed by atoms with van der Waals surface area (Å²) in [4.78, 5) is 158. The average molecular weight is 1750 g/mol. The number of aromatic amines is 1. The lowest BCUT2D eigenvalue weighted by Crippen LogP contribution is -2.62. The van der Waals surface area contributed by atoms with Gasteiger partial charge in [-0.2, -0.15) is 0 Å². The highest BCUT2D eigenvalue weighted by atomic mass is 32.2. The second-order valence-electron chi connectivity index (χ2n) is 31.5. The molecule has 1 aliphatic carbocycles. The number of fused-ring (bicyclic) bond motifs is 4. The number of anilines is 2. The van der Waals surface area contributed by atoms with Gasteiger partial charge in [-0.05, 0) is 153 Å². The zero-order chi connectivity index (χ0) is 90.3. The first-order valence-corrected chi connectivity index (χ1v) is 42.8. The van der Waals surface area contributed by atoms with Crippen LogP contribution in [0.5, 0.6) is 40.5 Å². The number of carbonyl (C=O) groups is 11. The molecule has 36 nitrogen and oxygen atoms in total. The molecule has 0 bridgehead atoms. The molecule has 14 atom stereocenters. The van der Waals surface area contributed by atoms with Crippen molar-refractivity contribution in [2.45, 2.75) is 183 Å². The number of cyclic esters (lactones) is 1. The van der Waals surface area contributed by atoms with E-state index in [-0.39, 0.29) is 112 Å². The van der Waals surface area contributed by atoms with Gasteiger partial charge >= 0.3 is 5.97 Å². The third-order valence-corrected chi connectivity index (χ3v) is 24.1. The number of Topliss-reactive ketones (excluding diaryl/α,β-unsaturated/α-hetero) is 1. The number of aromatic nitrogens is 2. The number of nitrogens with one attached hydrogen (secondary N) is 12. The van der Waals surface area contributed by atoms with E-state index in [1.54, 1.807) is 51.2 Å². The SMILES string of the molecule is CCC(C)[C@H](NC(=O)[C@H](CCCCN)NC(=O)[C@@H](NC(=O)[C@H](CCC(N)=O)NC(=O)[C@H](CCCNC(=N)N)NC(=O)[C@@H](N)CSc1cc(O)n(CCC(=O)Nc2ccc(N[C@@H]3c4cc5c(cc4[C@@H](c4cc(OC)c(OC)c(OC)c4)C4C(=O)OC[C@@H]43)OCO5)cc2)c1O)C(C)CC)C(=O)N[C@@H](Cc1c[nH]c2ccccc12)C(=O)N[C@@H](Cc1ccccc1)C(C)=O. The number of guanidine groups is 1. The first-order chi connectivity index (χ1) is 60.0. The van der Waals surface area contributed by atoms with Crippen molar-refractivity contribution in [2.75, 3.05) is 64.2 Å². The zero-order valence-corrected chi connectivity index (χ0v) is 72.1. The number of nitrogens with zero attached hydrogens (tertiary/aromatic N) is 1. The van der Waals surface area contributed by atoms with E-state index >= 15 is 0 Å². The zero-order valence-electron chi connectivity index (χ0n) is 71.3. The molecule has 3 aliphatic rings. The molecule has 0 spiro atoms. The highest BCUT2D eigenvalue weighted by Crippen LogP contribution is 2.56. The molecule has 4 heterocycles. The number of para-hydroxylation sites is 1. The first kappa shape index (κ1) is 94.5. The highest BCUT2D eigenvalue weighted by molar-refractivity contribution is 7.99. The van der Waals surface area contributed by atoms with E-state index in [0.717, 1.165) is 49.5 Å². The molecule has 7 aromatic rings. The molecule has 0 radical (unpaired) electrons. The van der Waals surface area contributed by atoms with Crippen LogP contribution in [0.3, 0.4) is 0 Å². The number of unbranched alkanes of at least 4 members (excludes halogenated alkanes) is 1. The summed E-state index contributed by atoms with van der Waals surface area (Å²) in [6.07, 6.45) is 2.24. The number of thioether (sulfide) groups is 1. The maximum absolute atomic E-state index is 14.8. The van der Waals surface area contributed by atoms with Crippen LogP contribution < -0.4 is 99.8 Å². The molecular weight excluding hydrogens is 1630 g/mol. The van der Waals surface area contributed by atoms with E-state index in [1.807, 2.05) is 85.8 Å². The smallest absolute Gasteiger partial charge is 0.310 e. The minimum absolute atomic E-state index is 0.0159. The van der Waals surface area contributed by atoms with Gasteiger partial charge in [0, 0.05) is 84.5 Å². The number of hydrogen-bond donors (Lipinski definition) is 18. The van der Waals surface area contributed by atoms with Crippen molar-refractivity contribution in [1.82, 2.24) is 52.1 Å². The fourth-order valence-corrected chi connectivity index (χ4v) is 16.6. The van der Waals surface area contributed by atoms with Gasteiger partial charge in [0.2, 0.25) is 71.6 Å². The number of aromatic hydroxyl groups is 2. The minimum atomic E-state index is -1.58. The van der Waals surface area contributed by atoms with Crippen molar-refractivity contribution in [3.63, 3.8) is 0 Å². The van der Waals surface area contributed by atoms with Crippen molar-refractivity contribution in [3.8, 4) is 40.5 Å². The van der Waals surface area contributed by atoms with Crippen molar-refractivity contribution >= 4 is 105 Å². The Morgan fingerprint density at radius 2 is 1.21 bits per heavy atom. The van der Waals surface area contributed by atoms with Crippen LogP contribution in [0.25, 0.3) is 10.9 Å². The van der Waals surface area contributed by atoms with Gasteiger partial charge in [-0.25, -0.2) is 0 Å². The molecule has 9 amide bonds. The Hall–Kier alpha value is -12.8. The maximum Gasteiger partial charge on any atom is 0.310 e. The molecule has 1 fully saturated rings. The van der Waals surface area contributed by atoms with Crippen LogP contribution in [-0.2, 0) is 76.9 Å². The predicted molar refractivity (Wildman–Crippen MR) is 467 cm³/mol. The summed E-state index contributed by atoms with van der Waals surface area (Å²) in [6.45, 7) is 8.57. The molecule has 0 saturated carbocycles. The number of carbonyl (C=O) groups excluding carboxylic acids is 11. The molecule has 3 unspecified atom stereocenters. The molecule has 125 heavy (non-hydrogen) atoms. The number of methoxy groups -OCH3 is 3. The van der Waals surface area contributed by atoms with Crippen molar-refractivity contribution in [1.29, 1.82) is 5.41 Å². The van der Waals surface area contributed by atoms with Crippen LogP contribution >= 0.6 is 11.8 Å². The third-order valence-electron chi connectivity index (χ3n) is 23.0. The summed E-state index contributed by atoms with van der Waals surface area (Å²) in [5.74, 6) is -9.66. The van der Waals surface area contributed by atoms with Crippen LogP contribution in [0.1, 0.15) is 139 Å². The van der Waals surface area contributed by atoms with Crippen LogP contribution in [0.2, 0.25) is 0 Å². The number of amides is 9. The van der Waals surface area contributed by atoms with E-state index in [1.165, 1.54) is 34.3 Å². The first-order valence-electron chi connectivity index (χ1n) is 41.8. The monoisotopic (exact) mass is 1750 g/mol. The van der Waals surface area contributed by atoms with Crippen LogP contribution in [-0.4, -0.2) is 193 Å². The quantitative estimate of drug-likeness (QED) is 0.00793. The van der Waals surface area contributed by atoms with E-state index in [9.17, 15) is 63.0 Å². The molecule has 10 rings (SSSR count). The number of ether oxygens (including phenoxy) is 6. The third kappa shape index (κ3) is 24.4. The van der Waals surface area contributed by atoms with E-state index < -0.39 is 156 Å². The summed E-state index contributed by atoms with van der Waals surface area (Å²) in [5, 5.41) is 59.4. The fourth-order valence-electron chi connectivity index (χ4n) is 15.6. The highest BCUT2D eigenvalue weighted by Gasteiger charge is 2.53. The van der Waals surface area contributed by atoms with E-state index in [4.69, 9.17) is 56.8 Å². The molecule has 672 valence electrons. The van der Waals surface area contributed by atoms with Crippen molar-refractivity contribution in [3.05, 3.63) is 143 Å². The lowest BCUT2D eigenvalue weighted by Gasteiger charge is -2.40. The van der Waals surface area contributed by atoms with Crippen molar-refractivity contribution in [2.24, 2.45) is 46.6 Å². The normalized spacial score (nSPS) is 17.2. The summed E-state index contributed by atoms with van der Waals surface area (Å²) < 4.78 is 35.7. The second-order valence-corrected chi connectivity index (χ2v) is 32.6. The van der Waals surface area contributed by atoms with E-state index in [0.29, 0.717) is 64.9 Å². The van der Waals surface area contributed by atoms with Gasteiger partial charge in [-0.1, -0.05) is 89.1 Å². The largest absolute Gasteiger partial charge is 0.494 e. The summed E-state index contributed by atoms with van der Waals surface area (Å²) in [6, 6.07) is 21.0. The number of benzene rings is 5. The number of esters is 1. The maximum atomic E-state index is 14.8. The van der Waals surface area contributed by atoms with Gasteiger partial charge in [0.25, 0.3) is 0 Å². The lowest BCUT2D eigenvalue weighted by molar-refractivity contribution is -0.141. The van der Waals surface area contributed by atoms with Crippen LogP contribution in [0.4, 0.5) is 11.4 Å². The van der Waals surface area contributed by atoms with E-state index in [2.05, 4.69) is 58.2 Å². The molecule has 5 aromatic carbocycles. The molecule has 1 saturated heterocycles. The Labute approximate surface area is 728 Å². The van der Waals surface area contributed by atoms with Gasteiger partial charge in [0.15, 0.2) is 40.6 Å². The molecule has 37 heteroatoms. The Balaban J connectivity index is 0.762. The topological polar surface area (TPSA) is 553 Å². The lowest BCUT2D eigenvalue weighted by atomic mass is 9.65. The Morgan fingerprint density at radius 1 is 0.640 bits per heavy atom. The standard InChI is InChI=1S/C88H115N17O19S/c1-9-46(3)75(84(115)100-60(23-16-17-32-89)81(112)103-76(47(4)10-2)85(116)102-64(36-51-42-95-59-22-15-14-21-54(51)59)83(114)101-63(48(5)106)35-49-19-12-11-13-20-49)104-82(113)62(29-30-70(91)107)99-80(111)61(24-18-33-94-88(92)93)98-79(110)58(90)44-125-69-41-72(109)105(86(69)117)34-31-71(108)96-52-25-27-53(28-26-52)97-77-56-40-66-65(123-45-124-66)39-55(56)73(74-57(77)43-122-87(74)118)50-37-67(119-6)78(121-8)68(38-50)120-7/h11-15,19-22,25-28,37-42,46-47,57-58,60-64,73-77,95,97,109,117H,9-10,16-18,23-24,29-36,43-45,89-90H2,1-8H3,(H2,91,107)(H,96,108)(H,98,110)(H,99,111)(H,100,115)(H,101,114)(H,102,116)(H,103,112)(H,104,113)(H4,92,93,94)/t46?,47?,57-,58-,60-,61-,62-,63-,64-,73+,74?,75-,76-,77+/m0/s1. The van der Waals surface area contributed by atoms with Gasteiger partial charge in [0.1, 0.15) is 36.3 Å². The minimum Gasteiger partial charge on any atom is -0.494 e. The van der Waals surface area contributed by atoms with Gasteiger partial charge in [-0.15, -0.1) is 11.8 Å². The Kier molecular flexibility index (Phi) is 33.7. The van der Waals surface area contributed by atoms with Gasteiger partial charge in [-0.3, -0.25) is 62.7 Å². The number of rotatable bonds is 47. The van der Waals surface area contributed by atoms with Gasteiger partial charge < -0.3 is 120 Å². The number of primary amides is 1. The number of hydrogen-bond acceptors (Lipinski definition) is 24. The summed E-state index contributed by atoms with van der Waals surface area (Å²) in [7, 11) is 4.55. The molecule has 22 N–H and O–H groups in total. The number of nitrogens with two attached hydrogens (primary N) is 4. The Morgan fingerprint density at radius 3 is 1.82 bits per heavy atom. The molecule has 2 aromatic heterocycles. The Bertz CT molecular complexity index is 4990.